The highest BCUT2D eigenvalue weighted by Gasteiger charge is 2.31. The number of primary amides is 2. The quantitative estimate of drug-likeness (QED) is 0.0672. The topological polar surface area (TPSA) is 289 Å². The smallest absolute Gasteiger partial charge is 0.267 e. The van der Waals surface area contributed by atoms with Crippen LogP contribution in [0.3, 0.4) is 0 Å². The first kappa shape index (κ1) is 43.7. The lowest BCUT2D eigenvalue weighted by Gasteiger charge is -2.17. The SMILES string of the molecule is COCC[S+]([O-])c1sc2nc(C3=NC(C(N)=O)=C[SH]3Cc3ncc(-c4cc(-c5ncc(C(N)=O)s5)nc5sc([S+]([O-])CCOC)c(N)c45)n3C)cc(-c3cnc(C)n3C)c2c1N. The number of thiazole rings is 1. The number of amides is 2. The minimum atomic E-state index is -1.47. The van der Waals surface area contributed by atoms with Crippen LogP contribution in [0.2, 0.25) is 0 Å². The van der Waals surface area contributed by atoms with Crippen LogP contribution in [0.25, 0.3) is 53.6 Å². The van der Waals surface area contributed by atoms with E-state index in [0.29, 0.717) is 91.1 Å². The van der Waals surface area contributed by atoms with E-state index in [0.717, 1.165) is 28.4 Å². The minimum Gasteiger partial charge on any atom is -0.611 e. The van der Waals surface area contributed by atoms with Gasteiger partial charge in [0.05, 0.1) is 48.9 Å². The van der Waals surface area contributed by atoms with Crippen molar-refractivity contribution in [1.82, 2.24) is 34.1 Å². The van der Waals surface area contributed by atoms with E-state index < -0.39 is 45.1 Å². The molecule has 0 aromatic carbocycles. The van der Waals surface area contributed by atoms with Crippen molar-refractivity contribution in [2.45, 2.75) is 21.1 Å². The highest BCUT2D eigenvalue weighted by Crippen LogP contribution is 2.48. The second kappa shape index (κ2) is 17.7. The Bertz CT molecular complexity index is 2970. The van der Waals surface area contributed by atoms with Crippen LogP contribution in [-0.2, 0) is 56.5 Å². The summed E-state index contributed by atoms with van der Waals surface area (Å²) in [5.74, 6) is 0.966. The molecule has 0 saturated heterocycles. The van der Waals surface area contributed by atoms with E-state index in [9.17, 15) is 18.7 Å². The molecule has 7 aromatic rings. The maximum Gasteiger partial charge on any atom is 0.267 e. The number of aryl methyl sites for hydroxylation is 1. The van der Waals surface area contributed by atoms with Crippen molar-refractivity contribution in [3.63, 3.8) is 0 Å². The fraction of sp³-hybridized carbons (Fsp3) is 0.263. The molecule has 3 unspecified atom stereocenters. The van der Waals surface area contributed by atoms with E-state index in [1.807, 2.05) is 42.3 Å². The maximum absolute atomic E-state index is 13.4. The van der Waals surface area contributed by atoms with Crippen LogP contribution in [0.5, 0.6) is 0 Å². The first-order chi connectivity index (χ1) is 29.7. The zero-order valence-electron chi connectivity index (χ0n) is 33.8. The molecule has 0 spiro atoms. The Morgan fingerprint density at radius 1 is 0.790 bits per heavy atom. The maximum atomic E-state index is 13.4. The summed E-state index contributed by atoms with van der Waals surface area (Å²) < 4.78 is 42.0. The molecule has 8 rings (SSSR count). The van der Waals surface area contributed by atoms with Gasteiger partial charge in [0.1, 0.15) is 70.5 Å². The lowest BCUT2D eigenvalue weighted by atomic mass is 10.1. The van der Waals surface area contributed by atoms with Gasteiger partial charge in [0, 0.05) is 78.3 Å². The van der Waals surface area contributed by atoms with Crippen LogP contribution in [0.15, 0.2) is 55.2 Å². The van der Waals surface area contributed by atoms with Gasteiger partial charge in [-0.2, -0.15) is 10.9 Å². The molecule has 324 valence electrons. The number of aromatic nitrogens is 7. The number of anilines is 2. The van der Waals surface area contributed by atoms with E-state index >= 15 is 0 Å². The van der Waals surface area contributed by atoms with Gasteiger partial charge in [0.25, 0.3) is 11.8 Å². The van der Waals surface area contributed by atoms with Crippen LogP contribution >= 0.6 is 44.9 Å². The van der Waals surface area contributed by atoms with Crippen molar-refractivity contribution < 1.29 is 28.2 Å². The first-order valence-electron chi connectivity index (χ1n) is 18.5. The molecular formula is C38H40N12O6S6. The van der Waals surface area contributed by atoms with Gasteiger partial charge >= 0.3 is 0 Å². The van der Waals surface area contributed by atoms with E-state index in [1.54, 1.807) is 32.0 Å². The van der Waals surface area contributed by atoms with Crippen molar-refractivity contribution in [2.75, 3.05) is 50.4 Å². The summed E-state index contributed by atoms with van der Waals surface area (Å²) in [6.07, 6.45) is 4.88. The highest BCUT2D eigenvalue weighted by atomic mass is 32.2. The number of carbonyl (C=O) groups is 2. The molecule has 0 radical (unpaired) electrons. The Morgan fingerprint density at radius 2 is 1.35 bits per heavy atom. The molecule has 3 atom stereocenters. The summed E-state index contributed by atoms with van der Waals surface area (Å²) in [6.45, 7) is 2.46. The molecule has 0 bridgehead atoms. The molecule has 2 amide bonds. The van der Waals surface area contributed by atoms with Crippen molar-refractivity contribution in [1.29, 1.82) is 0 Å². The van der Waals surface area contributed by atoms with Gasteiger partial charge in [-0.25, -0.2) is 29.9 Å². The van der Waals surface area contributed by atoms with Crippen LogP contribution in [0.4, 0.5) is 11.4 Å². The number of ether oxygens (including phenoxy) is 2. The first-order valence-corrected chi connectivity index (χ1v) is 25.2. The second-order valence-corrected chi connectivity index (χ2v) is 22.4. The molecule has 24 heteroatoms. The van der Waals surface area contributed by atoms with Gasteiger partial charge in [0.2, 0.25) is 8.42 Å². The number of carbonyl (C=O) groups excluding carboxylic acids is 2. The highest BCUT2D eigenvalue weighted by molar-refractivity contribution is 8.32. The van der Waals surface area contributed by atoms with Crippen LogP contribution < -0.4 is 22.9 Å². The van der Waals surface area contributed by atoms with Crippen molar-refractivity contribution in [2.24, 2.45) is 30.6 Å². The molecule has 7 aromatic heterocycles. The number of thiol groups is 1. The largest absolute Gasteiger partial charge is 0.611 e. The Kier molecular flexibility index (Phi) is 12.5. The van der Waals surface area contributed by atoms with Crippen LogP contribution in [0, 0.1) is 6.92 Å². The summed E-state index contributed by atoms with van der Waals surface area (Å²) in [5, 5.41) is 4.02. The van der Waals surface area contributed by atoms with Crippen LogP contribution in [0.1, 0.15) is 27.0 Å². The summed E-state index contributed by atoms with van der Waals surface area (Å²) in [6, 6.07) is 3.70. The van der Waals surface area contributed by atoms with Crippen molar-refractivity contribution >= 4 is 116 Å². The van der Waals surface area contributed by atoms with E-state index in [-0.39, 0.29) is 28.7 Å². The predicted molar refractivity (Wildman–Crippen MR) is 250 cm³/mol. The number of nitrogens with two attached hydrogens (primary N) is 4. The minimum absolute atomic E-state index is 0.103. The zero-order chi connectivity index (χ0) is 44.1. The fourth-order valence-corrected chi connectivity index (χ4v) is 14.7. The summed E-state index contributed by atoms with van der Waals surface area (Å²) in [7, 11) is 5.47. The number of hydrogen-bond acceptors (Lipinski definition) is 17. The Balaban J connectivity index is 1.23. The zero-order valence-corrected chi connectivity index (χ0v) is 38.8. The third-order valence-corrected chi connectivity index (χ3v) is 18.9. The van der Waals surface area contributed by atoms with Gasteiger partial charge in [-0.05, 0) is 24.5 Å². The number of aliphatic imine (C=N–C) groups is 1. The van der Waals surface area contributed by atoms with Gasteiger partial charge in [0.15, 0.2) is 0 Å². The summed E-state index contributed by atoms with van der Waals surface area (Å²) in [5.41, 5.74) is 29.5. The van der Waals surface area contributed by atoms with Crippen LogP contribution in [-0.4, -0.2) is 99.0 Å². The third-order valence-electron chi connectivity index (χ3n) is 10.1. The van der Waals surface area contributed by atoms with E-state index in [4.69, 9.17) is 52.4 Å². The van der Waals surface area contributed by atoms with Crippen molar-refractivity contribution in [3.8, 4) is 33.2 Å². The average molecular weight is 953 g/mol. The number of thiophene rings is 2. The molecule has 62 heavy (non-hydrogen) atoms. The molecule has 1 aliphatic rings. The van der Waals surface area contributed by atoms with Crippen molar-refractivity contribution in [3.05, 3.63) is 64.0 Å². The van der Waals surface area contributed by atoms with E-state index in [1.165, 1.54) is 28.9 Å². The molecule has 1 aliphatic heterocycles. The van der Waals surface area contributed by atoms with Gasteiger partial charge in [-0.3, -0.25) is 9.59 Å². The van der Waals surface area contributed by atoms with E-state index in [2.05, 4.69) is 9.97 Å². The third kappa shape index (κ3) is 7.99. The van der Waals surface area contributed by atoms with Gasteiger partial charge in [-0.1, -0.05) is 22.7 Å². The number of fused-ring (bicyclic) bond motifs is 2. The average Bonchev–Trinajstić information content (AvgIpc) is 4.12. The number of hydrogen-bond donors (Lipinski definition) is 5. The molecule has 8 N–H and O–H groups in total. The lowest BCUT2D eigenvalue weighted by molar-refractivity contribution is -0.114. The number of nitrogens with zero attached hydrogens (tertiary/aromatic N) is 8. The Hall–Kier alpha value is -4.89. The normalized spacial score (nSPS) is 15.7. The molecule has 8 heterocycles. The molecular weight excluding hydrogens is 913 g/mol. The molecule has 0 aliphatic carbocycles. The Labute approximate surface area is 375 Å². The number of methoxy groups -OCH3 is 2. The summed E-state index contributed by atoms with van der Waals surface area (Å²) in [4.78, 5) is 54.5. The molecule has 18 nitrogen and oxygen atoms in total. The van der Waals surface area contributed by atoms with Gasteiger partial charge in [-0.15, -0.1) is 11.3 Å². The number of rotatable bonds is 16. The summed E-state index contributed by atoms with van der Waals surface area (Å²) >= 11 is 0.662. The molecule has 0 saturated carbocycles. The molecule has 0 fully saturated rings. The number of nitrogen functional groups attached to an aromatic ring is 2. The fourth-order valence-electron chi connectivity index (χ4n) is 6.79. The monoisotopic (exact) mass is 952 g/mol. The Morgan fingerprint density at radius 3 is 1.89 bits per heavy atom. The standard InChI is InChI=1S/C38H40N12O6S6/c1-17-43-12-23(49(17)2)19-11-21(47-35-28(19)30(40)38(59-35)62(54)9-7-56-5)36-48-22(31(41)51)15-60(36)16-26-44-13-24(50(26)3)18-10-20(33-45-14-25(57-33)32(42)52)46-34-27(18)29(39)37(58-34)61(53)8-6-55-4/h10-15,60H,6-9,16,39-40H2,1-5H3,(H2,41,51)(H2,42,52). The number of pyridine rings is 2. The predicted octanol–water partition coefficient (Wildman–Crippen LogP) is 4.20. The second-order valence-electron chi connectivity index (χ2n) is 13.9. The lowest BCUT2D eigenvalue weighted by Crippen LogP contribution is -2.11. The van der Waals surface area contributed by atoms with Gasteiger partial charge < -0.3 is 50.6 Å². The number of imidazole rings is 2.